The largest absolute Gasteiger partial charge is 0.379 e. The summed E-state index contributed by atoms with van der Waals surface area (Å²) in [6.45, 7) is 7.87. The van der Waals surface area contributed by atoms with Gasteiger partial charge in [-0.25, -0.2) is 0 Å². The van der Waals surface area contributed by atoms with Crippen molar-refractivity contribution < 1.29 is 9.53 Å². The minimum atomic E-state index is -0.169. The van der Waals surface area contributed by atoms with E-state index in [4.69, 9.17) is 10.5 Å². The molecule has 1 amide bonds. The van der Waals surface area contributed by atoms with E-state index in [0.29, 0.717) is 19.8 Å². The molecule has 0 saturated carbocycles. The first-order chi connectivity index (χ1) is 6.40. The van der Waals surface area contributed by atoms with Gasteiger partial charge in [-0.15, -0.1) is 0 Å². The highest BCUT2D eigenvalue weighted by Gasteiger charge is 2.31. The van der Waals surface area contributed by atoms with E-state index in [-0.39, 0.29) is 23.3 Å². The van der Waals surface area contributed by atoms with Gasteiger partial charge in [-0.1, -0.05) is 20.8 Å². The minimum Gasteiger partial charge on any atom is -0.379 e. The lowest BCUT2D eigenvalue weighted by atomic mass is 9.96. The van der Waals surface area contributed by atoms with Gasteiger partial charge in [-0.05, 0) is 5.41 Å². The van der Waals surface area contributed by atoms with Gasteiger partial charge in [-0.3, -0.25) is 4.79 Å². The van der Waals surface area contributed by atoms with Crippen molar-refractivity contribution in [3.63, 3.8) is 0 Å². The maximum absolute atomic E-state index is 11.6. The molecule has 1 heterocycles. The van der Waals surface area contributed by atoms with E-state index in [2.05, 4.69) is 26.1 Å². The lowest BCUT2D eigenvalue weighted by Crippen LogP contribution is -2.43. The first kappa shape index (κ1) is 11.5. The molecule has 0 radical (unpaired) electrons. The van der Waals surface area contributed by atoms with Crippen molar-refractivity contribution in [1.29, 1.82) is 0 Å². The molecule has 3 N–H and O–H groups in total. The quantitative estimate of drug-likeness (QED) is 0.665. The van der Waals surface area contributed by atoms with E-state index in [1.807, 2.05) is 0 Å². The van der Waals surface area contributed by atoms with Crippen LogP contribution < -0.4 is 11.1 Å². The monoisotopic (exact) mass is 200 g/mol. The Balaban J connectivity index is 2.35. The molecular weight excluding hydrogens is 180 g/mol. The molecular formula is C10H20N2O2. The molecule has 1 rings (SSSR count). The van der Waals surface area contributed by atoms with Gasteiger partial charge in [0.25, 0.3) is 0 Å². The maximum atomic E-state index is 11.6. The Morgan fingerprint density at radius 1 is 1.50 bits per heavy atom. The number of nitrogens with two attached hydrogens (primary N) is 1. The van der Waals surface area contributed by atoms with Crippen LogP contribution in [0.3, 0.4) is 0 Å². The molecule has 4 heteroatoms. The lowest BCUT2D eigenvalue weighted by Gasteiger charge is -2.21. The average molecular weight is 200 g/mol. The fourth-order valence-electron chi connectivity index (χ4n) is 1.32. The Kier molecular flexibility index (Phi) is 3.50. The van der Waals surface area contributed by atoms with Crippen LogP contribution in [0.4, 0.5) is 0 Å². The third-order valence-corrected chi connectivity index (χ3v) is 2.25. The molecule has 0 bridgehead atoms. The second kappa shape index (κ2) is 4.28. The smallest absolute Gasteiger partial charge is 0.227 e. The van der Waals surface area contributed by atoms with Gasteiger partial charge in [0.15, 0.2) is 0 Å². The molecule has 14 heavy (non-hydrogen) atoms. The highest BCUT2D eigenvalue weighted by Crippen LogP contribution is 2.14. The molecule has 2 unspecified atom stereocenters. The number of ether oxygens (including phenoxy) is 1. The summed E-state index contributed by atoms with van der Waals surface area (Å²) in [7, 11) is 0. The molecule has 2 atom stereocenters. The molecule has 1 aliphatic heterocycles. The van der Waals surface area contributed by atoms with E-state index >= 15 is 0 Å². The Morgan fingerprint density at radius 2 is 2.14 bits per heavy atom. The Morgan fingerprint density at radius 3 is 2.57 bits per heavy atom. The number of hydrogen-bond acceptors (Lipinski definition) is 3. The first-order valence-electron chi connectivity index (χ1n) is 5.01. The van der Waals surface area contributed by atoms with Crippen LogP contribution in [0.25, 0.3) is 0 Å². The van der Waals surface area contributed by atoms with Crippen LogP contribution >= 0.6 is 0 Å². The predicted octanol–water partition coefficient (Wildman–Crippen LogP) is 0.122. The van der Waals surface area contributed by atoms with Gasteiger partial charge >= 0.3 is 0 Å². The second-order valence-electron chi connectivity index (χ2n) is 5.09. The van der Waals surface area contributed by atoms with Crippen molar-refractivity contribution in [2.24, 2.45) is 17.1 Å². The molecule has 0 aromatic rings. The predicted molar refractivity (Wildman–Crippen MR) is 54.7 cm³/mol. The Bertz CT molecular complexity index is 211. The van der Waals surface area contributed by atoms with Crippen LogP contribution in [-0.4, -0.2) is 31.7 Å². The van der Waals surface area contributed by atoms with Crippen LogP contribution in [0.2, 0.25) is 0 Å². The fraction of sp³-hybridized carbons (Fsp3) is 0.900. The van der Waals surface area contributed by atoms with E-state index in [9.17, 15) is 4.79 Å². The Labute approximate surface area is 85.2 Å². The van der Waals surface area contributed by atoms with Crippen LogP contribution in [0.15, 0.2) is 0 Å². The molecule has 0 aliphatic carbocycles. The SMILES string of the molecule is CC(C)(C)CNC(=O)C1COCC1N. The van der Waals surface area contributed by atoms with E-state index in [1.165, 1.54) is 0 Å². The van der Waals surface area contributed by atoms with Crippen molar-refractivity contribution in [1.82, 2.24) is 5.32 Å². The summed E-state index contributed by atoms with van der Waals surface area (Å²) in [6, 6.07) is -0.144. The van der Waals surface area contributed by atoms with Crippen LogP contribution in [0, 0.1) is 11.3 Å². The molecule has 1 fully saturated rings. The number of carbonyl (C=O) groups excluding carboxylic acids is 1. The fourth-order valence-corrected chi connectivity index (χ4v) is 1.32. The van der Waals surface area contributed by atoms with Gasteiger partial charge in [0, 0.05) is 12.6 Å². The van der Waals surface area contributed by atoms with Gasteiger partial charge < -0.3 is 15.8 Å². The zero-order chi connectivity index (χ0) is 10.8. The normalized spacial score (nSPS) is 27.7. The van der Waals surface area contributed by atoms with Crippen molar-refractivity contribution >= 4 is 5.91 Å². The zero-order valence-electron chi connectivity index (χ0n) is 9.17. The second-order valence-corrected chi connectivity index (χ2v) is 5.09. The molecule has 1 aliphatic rings. The van der Waals surface area contributed by atoms with Crippen molar-refractivity contribution in [2.75, 3.05) is 19.8 Å². The van der Waals surface area contributed by atoms with Crippen LogP contribution in [-0.2, 0) is 9.53 Å². The lowest BCUT2D eigenvalue weighted by molar-refractivity contribution is -0.125. The summed E-state index contributed by atoms with van der Waals surface area (Å²) in [5.74, 6) is -0.151. The van der Waals surface area contributed by atoms with Gasteiger partial charge in [0.1, 0.15) is 0 Å². The maximum Gasteiger partial charge on any atom is 0.227 e. The average Bonchev–Trinajstić information content (AvgIpc) is 2.46. The molecule has 4 nitrogen and oxygen atoms in total. The molecule has 1 saturated heterocycles. The highest BCUT2D eigenvalue weighted by atomic mass is 16.5. The molecule has 0 aromatic heterocycles. The summed E-state index contributed by atoms with van der Waals surface area (Å²) in [5.41, 5.74) is 5.84. The summed E-state index contributed by atoms with van der Waals surface area (Å²) < 4.78 is 5.14. The van der Waals surface area contributed by atoms with Gasteiger partial charge in [0.05, 0.1) is 19.1 Å². The Hall–Kier alpha value is -0.610. The third-order valence-electron chi connectivity index (χ3n) is 2.25. The number of hydrogen-bond donors (Lipinski definition) is 2. The van der Waals surface area contributed by atoms with E-state index < -0.39 is 0 Å². The van der Waals surface area contributed by atoms with Gasteiger partial charge in [0.2, 0.25) is 5.91 Å². The number of carbonyl (C=O) groups is 1. The number of amides is 1. The first-order valence-corrected chi connectivity index (χ1v) is 5.01. The van der Waals surface area contributed by atoms with E-state index in [1.54, 1.807) is 0 Å². The summed E-state index contributed by atoms with van der Waals surface area (Å²) in [5, 5.41) is 2.90. The van der Waals surface area contributed by atoms with Crippen molar-refractivity contribution in [2.45, 2.75) is 26.8 Å². The minimum absolute atomic E-state index is 0.0184. The summed E-state index contributed by atoms with van der Waals surface area (Å²) >= 11 is 0. The van der Waals surface area contributed by atoms with Crippen molar-refractivity contribution in [3.05, 3.63) is 0 Å². The van der Waals surface area contributed by atoms with Crippen LogP contribution in [0.1, 0.15) is 20.8 Å². The number of nitrogens with one attached hydrogen (secondary N) is 1. The third kappa shape index (κ3) is 3.27. The summed E-state index contributed by atoms with van der Waals surface area (Å²) in [6.07, 6.45) is 0. The molecule has 82 valence electrons. The standard InChI is InChI=1S/C10H20N2O2/c1-10(2,3)6-12-9(13)7-4-14-5-8(7)11/h7-8H,4-6,11H2,1-3H3,(H,12,13). The molecule has 0 spiro atoms. The van der Waals surface area contributed by atoms with Crippen LogP contribution in [0.5, 0.6) is 0 Å². The highest BCUT2D eigenvalue weighted by molar-refractivity contribution is 5.79. The number of rotatable bonds is 2. The zero-order valence-corrected chi connectivity index (χ0v) is 9.17. The summed E-state index contributed by atoms with van der Waals surface area (Å²) in [4.78, 5) is 11.6. The topological polar surface area (TPSA) is 64.3 Å². The van der Waals surface area contributed by atoms with Gasteiger partial charge in [-0.2, -0.15) is 0 Å². The van der Waals surface area contributed by atoms with E-state index in [0.717, 1.165) is 0 Å². The van der Waals surface area contributed by atoms with Crippen molar-refractivity contribution in [3.8, 4) is 0 Å². The molecule has 0 aromatic carbocycles.